The molecule has 1 N–H and O–H groups in total. The van der Waals surface area contributed by atoms with E-state index < -0.39 is 9.84 Å². The molecule has 0 bridgehead atoms. The number of nitrogens with zero attached hydrogens (tertiary/aromatic N) is 4. The number of hydrogen-bond acceptors (Lipinski definition) is 8. The first-order valence-electron chi connectivity index (χ1n) is 12.8. The van der Waals surface area contributed by atoms with Crippen LogP contribution in [0, 0.1) is 6.92 Å². The molecule has 202 valence electrons. The minimum Gasteiger partial charge on any atom is -0.372 e. The normalized spacial score (nSPS) is 17.8. The lowest BCUT2D eigenvalue weighted by Gasteiger charge is -2.36. The van der Waals surface area contributed by atoms with Gasteiger partial charge in [0, 0.05) is 36.6 Å². The predicted octanol–water partition coefficient (Wildman–Crippen LogP) is 4.20. The van der Waals surface area contributed by atoms with Crippen LogP contribution in [0.4, 0.5) is 11.5 Å². The zero-order valence-corrected chi connectivity index (χ0v) is 23.2. The molecule has 3 aromatic heterocycles. The van der Waals surface area contributed by atoms with E-state index in [0.717, 1.165) is 41.9 Å². The maximum absolute atomic E-state index is 12.7. The third-order valence-corrected chi connectivity index (χ3v) is 7.82. The van der Waals surface area contributed by atoms with E-state index >= 15 is 0 Å². The molecule has 4 heterocycles. The van der Waals surface area contributed by atoms with E-state index in [0.29, 0.717) is 22.5 Å². The first-order chi connectivity index (χ1) is 18.5. The van der Waals surface area contributed by atoms with Crippen molar-refractivity contribution in [3.05, 3.63) is 72.1 Å². The Bertz CT molecular complexity index is 1650. The first-order valence-corrected chi connectivity index (χ1v) is 14.7. The Labute approximate surface area is 228 Å². The van der Waals surface area contributed by atoms with Crippen LogP contribution in [0.5, 0.6) is 0 Å². The van der Waals surface area contributed by atoms with Gasteiger partial charge in [-0.1, -0.05) is 12.1 Å². The summed E-state index contributed by atoms with van der Waals surface area (Å²) in [6.45, 7) is 7.41. The summed E-state index contributed by atoms with van der Waals surface area (Å²) >= 11 is 0. The number of pyridine rings is 3. The summed E-state index contributed by atoms with van der Waals surface area (Å²) in [5, 5.41) is 3.62. The fourth-order valence-corrected chi connectivity index (χ4v) is 5.85. The number of aromatic nitrogens is 3. The van der Waals surface area contributed by atoms with Gasteiger partial charge in [-0.25, -0.2) is 18.4 Å². The zero-order valence-electron chi connectivity index (χ0n) is 22.4. The van der Waals surface area contributed by atoms with Gasteiger partial charge in [0.15, 0.2) is 9.84 Å². The van der Waals surface area contributed by atoms with Crippen molar-refractivity contribution in [1.82, 2.24) is 15.0 Å². The first kappa shape index (κ1) is 26.7. The molecule has 9 nitrogen and oxygen atoms in total. The van der Waals surface area contributed by atoms with Crippen LogP contribution in [0.1, 0.15) is 25.1 Å². The Morgan fingerprint density at radius 3 is 2.51 bits per heavy atom. The molecule has 1 amide bonds. The fraction of sp³-hybridized carbons (Fsp3) is 0.310. The number of nitrogens with one attached hydrogen (secondary N) is 1. The van der Waals surface area contributed by atoms with Crippen molar-refractivity contribution in [1.29, 1.82) is 0 Å². The van der Waals surface area contributed by atoms with Crippen LogP contribution in [0.15, 0.2) is 65.7 Å². The second kappa shape index (κ2) is 10.7. The molecular formula is C29H31N5O4S. The van der Waals surface area contributed by atoms with Gasteiger partial charge in [0.25, 0.3) is 0 Å². The number of hydrogen-bond donors (Lipinski definition) is 1. The highest BCUT2D eigenvalue weighted by Gasteiger charge is 2.23. The standard InChI is InChI=1S/C29H31N5O4S/c1-18-8-10-22(13-27(18)39(4,36)37)31-29(35)14-23-12-26-21(15-30-23)9-11-25(32-26)24-6-5-7-28(33-24)34-16-19(2)38-20(3)17-34/h5-13,15,19-20H,14,16-17H2,1-4H3,(H,31,35)/t19-,20+. The number of aryl methyl sites for hydroxylation is 1. The molecular weight excluding hydrogens is 514 g/mol. The molecule has 4 aromatic rings. The summed E-state index contributed by atoms with van der Waals surface area (Å²) in [4.78, 5) is 29.3. The van der Waals surface area contributed by atoms with Crippen LogP contribution in [0.2, 0.25) is 0 Å². The molecule has 1 aromatic carbocycles. The molecule has 0 aliphatic carbocycles. The van der Waals surface area contributed by atoms with E-state index in [1.807, 2.05) is 30.3 Å². The van der Waals surface area contributed by atoms with Gasteiger partial charge in [-0.05, 0) is 68.8 Å². The molecule has 1 saturated heterocycles. The maximum Gasteiger partial charge on any atom is 0.230 e. The number of anilines is 2. The van der Waals surface area contributed by atoms with Gasteiger partial charge in [0.05, 0.1) is 46.1 Å². The molecule has 2 atom stereocenters. The highest BCUT2D eigenvalue weighted by atomic mass is 32.2. The molecule has 0 spiro atoms. The van der Waals surface area contributed by atoms with Gasteiger partial charge in [-0.2, -0.15) is 0 Å². The third-order valence-electron chi connectivity index (χ3n) is 6.58. The van der Waals surface area contributed by atoms with Crippen molar-refractivity contribution < 1.29 is 17.9 Å². The molecule has 0 saturated carbocycles. The Balaban J connectivity index is 1.35. The highest BCUT2D eigenvalue weighted by molar-refractivity contribution is 7.90. The van der Waals surface area contributed by atoms with E-state index in [4.69, 9.17) is 14.7 Å². The number of amides is 1. The van der Waals surface area contributed by atoms with Crippen molar-refractivity contribution in [2.45, 2.75) is 44.3 Å². The smallest absolute Gasteiger partial charge is 0.230 e. The SMILES string of the molecule is Cc1ccc(NC(=O)Cc2cc3nc(-c4cccc(N5C[C@@H](C)O[C@@H](C)C5)n4)ccc3cn2)cc1S(C)(=O)=O. The minimum atomic E-state index is -3.40. The summed E-state index contributed by atoms with van der Waals surface area (Å²) in [7, 11) is -3.40. The quantitative estimate of drug-likeness (QED) is 0.384. The molecule has 1 aliphatic rings. The van der Waals surface area contributed by atoms with Gasteiger partial charge in [-0.3, -0.25) is 9.78 Å². The number of carbonyl (C=O) groups excluding carboxylic acids is 1. The van der Waals surface area contributed by atoms with E-state index in [1.165, 1.54) is 6.07 Å². The van der Waals surface area contributed by atoms with Gasteiger partial charge in [0.2, 0.25) is 5.91 Å². The van der Waals surface area contributed by atoms with Crippen LogP contribution in [-0.4, -0.2) is 60.8 Å². The van der Waals surface area contributed by atoms with Crippen LogP contribution >= 0.6 is 0 Å². The fourth-order valence-electron chi connectivity index (χ4n) is 4.85. The van der Waals surface area contributed by atoms with Crippen molar-refractivity contribution in [3.63, 3.8) is 0 Å². The number of sulfone groups is 1. The summed E-state index contributed by atoms with van der Waals surface area (Å²) in [5.41, 5.74) is 3.80. The predicted molar refractivity (Wildman–Crippen MR) is 152 cm³/mol. The molecule has 0 unspecified atom stereocenters. The molecule has 5 rings (SSSR count). The van der Waals surface area contributed by atoms with Gasteiger partial charge in [-0.15, -0.1) is 0 Å². The third kappa shape index (κ3) is 6.23. The molecule has 10 heteroatoms. The molecule has 1 aliphatic heterocycles. The highest BCUT2D eigenvalue weighted by Crippen LogP contribution is 2.25. The Kier molecular flexibility index (Phi) is 7.33. The molecule has 1 fully saturated rings. The summed E-state index contributed by atoms with van der Waals surface area (Å²) < 4.78 is 29.9. The van der Waals surface area contributed by atoms with Crippen molar-refractivity contribution >= 4 is 38.2 Å². The van der Waals surface area contributed by atoms with E-state index in [1.54, 1.807) is 31.3 Å². The lowest BCUT2D eigenvalue weighted by Crippen LogP contribution is -2.45. The second-order valence-electron chi connectivity index (χ2n) is 10.1. The van der Waals surface area contributed by atoms with Gasteiger partial charge >= 0.3 is 0 Å². The topological polar surface area (TPSA) is 114 Å². The van der Waals surface area contributed by atoms with Gasteiger partial charge < -0.3 is 15.0 Å². The van der Waals surface area contributed by atoms with Crippen LogP contribution in [-0.2, 0) is 25.8 Å². The number of ether oxygens (including phenoxy) is 1. The molecule has 39 heavy (non-hydrogen) atoms. The minimum absolute atomic E-state index is 0.0189. The monoisotopic (exact) mass is 545 g/mol. The lowest BCUT2D eigenvalue weighted by molar-refractivity contribution is -0.115. The summed E-state index contributed by atoms with van der Waals surface area (Å²) in [5.74, 6) is 0.586. The van der Waals surface area contributed by atoms with Gasteiger partial charge in [0.1, 0.15) is 5.82 Å². The number of carbonyl (C=O) groups is 1. The Morgan fingerprint density at radius 2 is 1.77 bits per heavy atom. The van der Waals surface area contributed by atoms with E-state index in [2.05, 4.69) is 29.0 Å². The van der Waals surface area contributed by atoms with Crippen molar-refractivity contribution in [2.24, 2.45) is 0 Å². The number of fused-ring (bicyclic) bond motifs is 1. The number of morpholine rings is 1. The average Bonchev–Trinajstić information content (AvgIpc) is 2.88. The largest absolute Gasteiger partial charge is 0.372 e. The summed E-state index contributed by atoms with van der Waals surface area (Å²) in [6.07, 6.45) is 3.13. The van der Waals surface area contributed by atoms with E-state index in [-0.39, 0.29) is 29.4 Å². The van der Waals surface area contributed by atoms with Crippen LogP contribution < -0.4 is 10.2 Å². The lowest BCUT2D eigenvalue weighted by atomic mass is 10.1. The second-order valence-corrected chi connectivity index (χ2v) is 12.1. The van der Waals surface area contributed by atoms with Crippen LogP contribution in [0.3, 0.4) is 0 Å². The molecule has 0 radical (unpaired) electrons. The van der Waals surface area contributed by atoms with E-state index in [9.17, 15) is 13.2 Å². The Hall–Kier alpha value is -3.89. The zero-order chi connectivity index (χ0) is 27.7. The number of benzene rings is 1. The maximum atomic E-state index is 12.7. The number of rotatable bonds is 6. The van der Waals surface area contributed by atoms with Crippen molar-refractivity contribution in [3.8, 4) is 11.4 Å². The van der Waals surface area contributed by atoms with Crippen LogP contribution in [0.25, 0.3) is 22.3 Å². The Morgan fingerprint density at radius 1 is 1.03 bits per heavy atom. The van der Waals surface area contributed by atoms with Crippen molar-refractivity contribution in [2.75, 3.05) is 29.6 Å². The average molecular weight is 546 g/mol. The summed E-state index contributed by atoms with van der Waals surface area (Å²) in [6, 6.07) is 16.4.